The normalized spacial score (nSPS) is 10.7. The molecule has 0 fully saturated rings. The van der Waals surface area contributed by atoms with Crippen LogP contribution in [0, 0.1) is 0 Å². The lowest BCUT2D eigenvalue weighted by atomic mass is 10.0. The van der Waals surface area contributed by atoms with Gasteiger partial charge >= 0.3 is 0 Å². The zero-order chi connectivity index (χ0) is 12.5. The third-order valence-electron chi connectivity index (χ3n) is 2.61. The van der Waals surface area contributed by atoms with Crippen molar-refractivity contribution in [1.29, 1.82) is 0 Å². The fourth-order valence-electron chi connectivity index (χ4n) is 1.78. The van der Waals surface area contributed by atoms with Crippen LogP contribution in [0.2, 0.25) is 5.02 Å². The summed E-state index contributed by atoms with van der Waals surface area (Å²) in [5, 5.41) is 4.59. The summed E-state index contributed by atoms with van der Waals surface area (Å²) in [4.78, 5) is 0. The molecule has 0 radical (unpaired) electrons. The Labute approximate surface area is 108 Å². The van der Waals surface area contributed by atoms with Crippen LogP contribution in [0.15, 0.2) is 51.6 Å². The molecule has 3 rings (SSSR count). The van der Waals surface area contributed by atoms with Gasteiger partial charge in [-0.2, -0.15) is 0 Å². The number of hydrogen-bond donors (Lipinski definition) is 1. The second-order valence-corrected chi connectivity index (χ2v) is 4.19. The van der Waals surface area contributed by atoms with Gasteiger partial charge in [0.15, 0.2) is 11.5 Å². The van der Waals surface area contributed by atoms with Gasteiger partial charge in [-0.3, -0.25) is 0 Å². The number of nitrogens with zero attached hydrogens (tertiary/aromatic N) is 1. The maximum Gasteiger partial charge on any atom is 0.230 e. The largest absolute Gasteiger partial charge is 0.463 e. The van der Waals surface area contributed by atoms with E-state index in [1.165, 1.54) is 0 Å². The van der Waals surface area contributed by atoms with Gasteiger partial charge in [-0.15, -0.1) is 0 Å². The lowest BCUT2D eigenvalue weighted by molar-refractivity contribution is 0.436. The molecule has 0 aliphatic rings. The van der Waals surface area contributed by atoms with Crippen molar-refractivity contribution in [1.82, 2.24) is 5.16 Å². The van der Waals surface area contributed by atoms with E-state index in [0.29, 0.717) is 22.0 Å². The van der Waals surface area contributed by atoms with Crippen LogP contribution in [0.1, 0.15) is 0 Å². The monoisotopic (exact) mass is 260 g/mol. The molecule has 0 bridgehead atoms. The lowest BCUT2D eigenvalue weighted by Crippen LogP contribution is -1.86. The predicted molar refractivity (Wildman–Crippen MR) is 69.1 cm³/mol. The van der Waals surface area contributed by atoms with Crippen molar-refractivity contribution >= 4 is 17.5 Å². The summed E-state index contributed by atoms with van der Waals surface area (Å²) in [6.45, 7) is 0. The van der Waals surface area contributed by atoms with Crippen molar-refractivity contribution in [3.8, 4) is 22.6 Å². The topological polar surface area (TPSA) is 65.2 Å². The minimum atomic E-state index is 0.253. The average molecular weight is 261 g/mol. The van der Waals surface area contributed by atoms with E-state index in [2.05, 4.69) is 5.16 Å². The second-order valence-electron chi connectivity index (χ2n) is 3.75. The van der Waals surface area contributed by atoms with E-state index in [1.807, 2.05) is 12.1 Å². The Kier molecular flexibility index (Phi) is 2.57. The van der Waals surface area contributed by atoms with Crippen LogP contribution in [0.4, 0.5) is 5.88 Å². The summed E-state index contributed by atoms with van der Waals surface area (Å²) in [7, 11) is 0. The summed E-state index contributed by atoms with van der Waals surface area (Å²) in [5.74, 6) is 0.865. The number of furan rings is 1. The van der Waals surface area contributed by atoms with E-state index < -0.39 is 0 Å². The highest BCUT2D eigenvalue weighted by molar-refractivity contribution is 6.30. The molecule has 0 aliphatic heterocycles. The molecule has 2 aromatic heterocycles. The Morgan fingerprint density at radius 2 is 1.89 bits per heavy atom. The quantitative estimate of drug-likeness (QED) is 0.760. The molecule has 90 valence electrons. The molecule has 2 N–H and O–H groups in total. The molecule has 0 spiro atoms. The Morgan fingerprint density at radius 3 is 2.56 bits per heavy atom. The number of nitrogen functional groups attached to an aromatic ring is 1. The molecule has 5 heteroatoms. The highest BCUT2D eigenvalue weighted by Gasteiger charge is 2.18. The third-order valence-corrected chi connectivity index (χ3v) is 2.86. The van der Waals surface area contributed by atoms with Crippen LogP contribution in [-0.4, -0.2) is 5.16 Å². The van der Waals surface area contributed by atoms with Crippen LogP contribution < -0.4 is 5.73 Å². The molecule has 0 saturated carbocycles. The Morgan fingerprint density at radius 1 is 1.11 bits per heavy atom. The Bertz CT molecular complexity index is 657. The lowest BCUT2D eigenvalue weighted by Gasteiger charge is -2.00. The molecule has 2 heterocycles. The molecular weight excluding hydrogens is 252 g/mol. The minimum absolute atomic E-state index is 0.253. The SMILES string of the molecule is Nc1onc(-c2ccco2)c1-c1ccc(Cl)cc1. The average Bonchev–Trinajstić information content (AvgIpc) is 2.99. The fraction of sp³-hybridized carbons (Fsp3) is 0. The number of rotatable bonds is 2. The van der Waals surface area contributed by atoms with E-state index in [4.69, 9.17) is 26.3 Å². The molecule has 4 nitrogen and oxygen atoms in total. The third kappa shape index (κ3) is 1.76. The number of benzene rings is 1. The maximum absolute atomic E-state index is 5.86. The number of aromatic nitrogens is 1. The van der Waals surface area contributed by atoms with E-state index in [-0.39, 0.29) is 5.88 Å². The van der Waals surface area contributed by atoms with E-state index in [1.54, 1.807) is 30.5 Å². The van der Waals surface area contributed by atoms with Gasteiger partial charge in [0, 0.05) is 5.02 Å². The van der Waals surface area contributed by atoms with Gasteiger partial charge in [0.05, 0.1) is 11.8 Å². The molecule has 18 heavy (non-hydrogen) atoms. The zero-order valence-corrected chi connectivity index (χ0v) is 10.0. The summed E-state index contributed by atoms with van der Waals surface area (Å²) in [6, 6.07) is 10.9. The van der Waals surface area contributed by atoms with Crippen LogP contribution in [0.3, 0.4) is 0 Å². The van der Waals surface area contributed by atoms with Crippen LogP contribution >= 0.6 is 11.6 Å². The van der Waals surface area contributed by atoms with Gasteiger partial charge in [-0.05, 0) is 29.8 Å². The number of hydrogen-bond acceptors (Lipinski definition) is 4. The molecule has 1 aromatic carbocycles. The molecule has 0 amide bonds. The van der Waals surface area contributed by atoms with Crippen molar-refractivity contribution in [3.05, 3.63) is 47.7 Å². The summed E-state index contributed by atoms with van der Waals surface area (Å²) in [5.41, 5.74) is 7.99. The molecule has 0 saturated heterocycles. The van der Waals surface area contributed by atoms with Gasteiger partial charge in [0.25, 0.3) is 0 Å². The molecule has 0 aliphatic carbocycles. The van der Waals surface area contributed by atoms with Crippen molar-refractivity contribution < 1.29 is 8.94 Å². The van der Waals surface area contributed by atoms with Crippen molar-refractivity contribution in [2.75, 3.05) is 5.73 Å². The summed E-state index contributed by atoms with van der Waals surface area (Å²) >= 11 is 5.86. The van der Waals surface area contributed by atoms with Gasteiger partial charge in [0.2, 0.25) is 5.88 Å². The summed E-state index contributed by atoms with van der Waals surface area (Å²) in [6.07, 6.45) is 1.58. The highest BCUT2D eigenvalue weighted by Crippen LogP contribution is 2.36. The van der Waals surface area contributed by atoms with Crippen molar-refractivity contribution in [2.45, 2.75) is 0 Å². The van der Waals surface area contributed by atoms with Crippen LogP contribution in [0.5, 0.6) is 0 Å². The smallest absolute Gasteiger partial charge is 0.230 e. The molecule has 0 unspecified atom stereocenters. The molecule has 0 atom stereocenters. The first-order valence-electron chi connectivity index (χ1n) is 5.30. The minimum Gasteiger partial charge on any atom is -0.463 e. The van der Waals surface area contributed by atoms with E-state index in [9.17, 15) is 0 Å². The fourth-order valence-corrected chi connectivity index (χ4v) is 1.91. The van der Waals surface area contributed by atoms with Gasteiger partial charge in [-0.1, -0.05) is 28.9 Å². The number of anilines is 1. The maximum atomic E-state index is 5.86. The summed E-state index contributed by atoms with van der Waals surface area (Å²) < 4.78 is 10.4. The second kappa shape index (κ2) is 4.23. The van der Waals surface area contributed by atoms with Crippen LogP contribution in [-0.2, 0) is 0 Å². The highest BCUT2D eigenvalue weighted by atomic mass is 35.5. The number of halogens is 1. The van der Waals surface area contributed by atoms with E-state index >= 15 is 0 Å². The van der Waals surface area contributed by atoms with Crippen molar-refractivity contribution in [3.63, 3.8) is 0 Å². The Balaban J connectivity index is 2.17. The first kappa shape index (κ1) is 10.9. The standard InChI is InChI=1S/C13H9ClN2O2/c14-9-5-3-8(4-6-9)11-12(16-18-13(11)15)10-2-1-7-17-10/h1-7H,15H2. The molecular formula is C13H9ClN2O2. The van der Waals surface area contributed by atoms with Gasteiger partial charge < -0.3 is 14.7 Å². The zero-order valence-electron chi connectivity index (χ0n) is 9.26. The molecule has 3 aromatic rings. The van der Waals surface area contributed by atoms with Gasteiger partial charge in [0.1, 0.15) is 0 Å². The first-order chi connectivity index (χ1) is 8.75. The van der Waals surface area contributed by atoms with Crippen LogP contribution in [0.25, 0.3) is 22.6 Å². The van der Waals surface area contributed by atoms with Gasteiger partial charge in [-0.25, -0.2) is 0 Å². The Hall–Kier alpha value is -2.20. The number of nitrogens with two attached hydrogens (primary N) is 1. The first-order valence-corrected chi connectivity index (χ1v) is 5.68. The van der Waals surface area contributed by atoms with E-state index in [0.717, 1.165) is 5.56 Å². The van der Waals surface area contributed by atoms with Crippen molar-refractivity contribution in [2.24, 2.45) is 0 Å². The predicted octanol–water partition coefficient (Wildman–Crippen LogP) is 3.84.